The first-order valence-corrected chi connectivity index (χ1v) is 13.9. The number of pyridine rings is 2. The number of carbonyl (C=O) groups excluding carboxylic acids is 1. The van der Waals surface area contributed by atoms with E-state index in [1.807, 2.05) is 30.0 Å². The van der Waals surface area contributed by atoms with E-state index in [-0.39, 0.29) is 11.4 Å². The zero-order chi connectivity index (χ0) is 25.8. The molecule has 3 aromatic rings. The summed E-state index contributed by atoms with van der Waals surface area (Å²) in [7, 11) is 0. The van der Waals surface area contributed by atoms with E-state index in [0.29, 0.717) is 12.3 Å². The van der Waals surface area contributed by atoms with Gasteiger partial charge in [0.15, 0.2) is 0 Å². The van der Waals surface area contributed by atoms with Crippen LogP contribution in [-0.4, -0.2) is 64.0 Å². The molecule has 2 fully saturated rings. The van der Waals surface area contributed by atoms with Crippen LogP contribution in [0.3, 0.4) is 0 Å². The van der Waals surface area contributed by atoms with E-state index >= 15 is 0 Å². The SMILES string of the molecule is CCONC(=C1CCN(C2(C)CCN(C(=O)c3ccc4cnccc4n3)CC2)CC1)c1ccc(Br)cc1. The molecule has 0 spiro atoms. The Morgan fingerprint density at radius 3 is 2.49 bits per heavy atom. The van der Waals surface area contributed by atoms with Gasteiger partial charge in [0.2, 0.25) is 0 Å². The van der Waals surface area contributed by atoms with Gasteiger partial charge in [-0.05, 0) is 81.0 Å². The third kappa shape index (κ3) is 5.71. The molecular formula is C29H34BrN5O2. The molecule has 2 aliphatic heterocycles. The monoisotopic (exact) mass is 563 g/mol. The molecule has 0 aliphatic carbocycles. The Labute approximate surface area is 227 Å². The van der Waals surface area contributed by atoms with Crippen molar-refractivity contribution in [2.24, 2.45) is 0 Å². The molecule has 37 heavy (non-hydrogen) atoms. The lowest BCUT2D eigenvalue weighted by molar-refractivity contribution is 0.0253. The highest BCUT2D eigenvalue weighted by Gasteiger charge is 2.38. The Kier molecular flexibility index (Phi) is 7.88. The first kappa shape index (κ1) is 25.8. The molecule has 2 aromatic heterocycles. The summed E-state index contributed by atoms with van der Waals surface area (Å²) in [5.74, 6) is 0.0192. The largest absolute Gasteiger partial charge is 0.337 e. The fourth-order valence-electron chi connectivity index (χ4n) is 5.42. The van der Waals surface area contributed by atoms with Gasteiger partial charge in [-0.2, -0.15) is 0 Å². The van der Waals surface area contributed by atoms with Gasteiger partial charge in [-0.25, -0.2) is 4.98 Å². The van der Waals surface area contributed by atoms with E-state index in [1.54, 1.807) is 12.4 Å². The molecule has 0 bridgehead atoms. The summed E-state index contributed by atoms with van der Waals surface area (Å²) in [4.78, 5) is 32.1. The van der Waals surface area contributed by atoms with Gasteiger partial charge in [-0.15, -0.1) is 0 Å². The predicted molar refractivity (Wildman–Crippen MR) is 150 cm³/mol. The van der Waals surface area contributed by atoms with Crippen LogP contribution < -0.4 is 5.48 Å². The standard InChI is InChI=1S/C29H34BrN5O2/c1-3-37-33-27(21-4-7-24(30)8-5-21)22-11-16-35(17-12-22)29(2)13-18-34(19-14-29)28(36)26-9-6-23-20-31-15-10-25(23)32-26/h4-10,15,20,33H,3,11-14,16-19H2,1-2H3. The topological polar surface area (TPSA) is 70.6 Å². The Morgan fingerprint density at radius 2 is 1.78 bits per heavy atom. The maximum absolute atomic E-state index is 13.2. The number of likely N-dealkylation sites (tertiary alicyclic amines) is 2. The maximum atomic E-state index is 13.2. The van der Waals surface area contributed by atoms with Crippen molar-refractivity contribution in [3.05, 3.63) is 76.2 Å². The van der Waals surface area contributed by atoms with Crippen LogP contribution in [0.15, 0.2) is 64.9 Å². The second kappa shape index (κ2) is 11.3. The average molecular weight is 565 g/mol. The van der Waals surface area contributed by atoms with E-state index < -0.39 is 0 Å². The molecule has 5 rings (SSSR count). The molecule has 2 saturated heterocycles. The third-order valence-electron chi connectivity index (χ3n) is 7.77. The van der Waals surface area contributed by atoms with Crippen molar-refractivity contribution in [3.8, 4) is 0 Å². The fourth-order valence-corrected chi connectivity index (χ4v) is 5.68. The smallest absolute Gasteiger partial charge is 0.272 e. The molecule has 2 aliphatic rings. The molecular weight excluding hydrogens is 530 g/mol. The quantitative estimate of drug-likeness (QED) is 0.403. The molecule has 7 nitrogen and oxygen atoms in total. The number of hydrogen-bond donors (Lipinski definition) is 1. The van der Waals surface area contributed by atoms with Gasteiger partial charge >= 0.3 is 0 Å². The van der Waals surface area contributed by atoms with E-state index in [9.17, 15) is 4.79 Å². The Balaban J connectivity index is 1.22. The second-order valence-corrected chi connectivity index (χ2v) is 11.0. The van der Waals surface area contributed by atoms with E-state index in [4.69, 9.17) is 4.84 Å². The normalized spacial score (nSPS) is 18.1. The highest BCUT2D eigenvalue weighted by molar-refractivity contribution is 9.10. The van der Waals surface area contributed by atoms with Crippen molar-refractivity contribution in [1.82, 2.24) is 25.2 Å². The number of hydrogen-bond acceptors (Lipinski definition) is 6. The minimum Gasteiger partial charge on any atom is -0.337 e. The first-order chi connectivity index (χ1) is 18.0. The van der Waals surface area contributed by atoms with Crippen LogP contribution in [0, 0.1) is 0 Å². The Bertz CT molecular complexity index is 1270. The van der Waals surface area contributed by atoms with Gasteiger partial charge in [0, 0.05) is 54.0 Å². The summed E-state index contributed by atoms with van der Waals surface area (Å²) in [6, 6.07) is 14.0. The van der Waals surface area contributed by atoms with E-state index in [1.165, 1.54) is 5.57 Å². The van der Waals surface area contributed by atoms with E-state index in [2.05, 4.69) is 67.5 Å². The lowest BCUT2D eigenvalue weighted by Crippen LogP contribution is -2.56. The minimum atomic E-state index is 0.0192. The zero-order valence-electron chi connectivity index (χ0n) is 21.5. The predicted octanol–water partition coefficient (Wildman–Crippen LogP) is 5.44. The molecule has 4 heterocycles. The van der Waals surface area contributed by atoms with Crippen molar-refractivity contribution in [1.29, 1.82) is 0 Å². The van der Waals surface area contributed by atoms with Gasteiger partial charge in [0.1, 0.15) is 5.69 Å². The summed E-state index contributed by atoms with van der Waals surface area (Å²) >= 11 is 3.53. The summed E-state index contributed by atoms with van der Waals surface area (Å²) in [6.45, 7) is 8.48. The van der Waals surface area contributed by atoms with Crippen LogP contribution in [-0.2, 0) is 4.84 Å². The number of aromatic nitrogens is 2. The van der Waals surface area contributed by atoms with Crippen molar-refractivity contribution >= 4 is 38.4 Å². The number of rotatable bonds is 6. The average Bonchev–Trinajstić information content (AvgIpc) is 2.94. The van der Waals surface area contributed by atoms with Crippen molar-refractivity contribution in [2.75, 3.05) is 32.8 Å². The zero-order valence-corrected chi connectivity index (χ0v) is 23.1. The molecule has 194 valence electrons. The van der Waals surface area contributed by atoms with Crippen LogP contribution in [0.5, 0.6) is 0 Å². The maximum Gasteiger partial charge on any atom is 0.272 e. The molecule has 1 amide bonds. The van der Waals surface area contributed by atoms with Gasteiger partial charge in [0.25, 0.3) is 5.91 Å². The highest BCUT2D eigenvalue weighted by atomic mass is 79.9. The summed E-state index contributed by atoms with van der Waals surface area (Å²) in [6.07, 6.45) is 7.41. The molecule has 1 aromatic carbocycles. The number of nitrogens with one attached hydrogen (secondary N) is 1. The number of carbonyl (C=O) groups is 1. The summed E-state index contributed by atoms with van der Waals surface area (Å²) < 4.78 is 1.07. The Hall–Kier alpha value is -2.81. The number of fused-ring (bicyclic) bond motifs is 1. The number of hydroxylamine groups is 1. The van der Waals surface area contributed by atoms with Gasteiger partial charge < -0.3 is 4.90 Å². The van der Waals surface area contributed by atoms with Crippen LogP contribution >= 0.6 is 15.9 Å². The van der Waals surface area contributed by atoms with Crippen LogP contribution in [0.2, 0.25) is 0 Å². The van der Waals surface area contributed by atoms with Crippen LogP contribution in [0.1, 0.15) is 55.6 Å². The van der Waals surface area contributed by atoms with Crippen LogP contribution in [0.4, 0.5) is 0 Å². The lowest BCUT2D eigenvalue weighted by Gasteiger charge is -2.48. The summed E-state index contributed by atoms with van der Waals surface area (Å²) in [5, 5.41) is 0.948. The number of halogens is 1. The molecule has 1 N–H and O–H groups in total. The summed E-state index contributed by atoms with van der Waals surface area (Å²) in [5.41, 5.74) is 8.28. The lowest BCUT2D eigenvalue weighted by atomic mass is 9.85. The number of nitrogens with zero attached hydrogens (tertiary/aromatic N) is 4. The molecule has 0 atom stereocenters. The molecule has 0 radical (unpaired) electrons. The van der Waals surface area contributed by atoms with Crippen molar-refractivity contribution < 1.29 is 9.63 Å². The van der Waals surface area contributed by atoms with Gasteiger partial charge in [-0.1, -0.05) is 28.1 Å². The minimum absolute atomic E-state index is 0.0192. The molecule has 0 unspecified atom stereocenters. The van der Waals surface area contributed by atoms with Crippen molar-refractivity contribution in [3.63, 3.8) is 0 Å². The van der Waals surface area contributed by atoms with E-state index in [0.717, 1.165) is 78.5 Å². The highest BCUT2D eigenvalue weighted by Crippen LogP contribution is 2.34. The third-order valence-corrected chi connectivity index (χ3v) is 8.30. The number of benzene rings is 1. The number of piperidine rings is 2. The molecule has 8 heteroatoms. The first-order valence-electron chi connectivity index (χ1n) is 13.1. The second-order valence-electron chi connectivity index (χ2n) is 10.1. The Morgan fingerprint density at radius 1 is 1.05 bits per heavy atom. The van der Waals surface area contributed by atoms with Gasteiger partial charge in [0.05, 0.1) is 17.8 Å². The van der Waals surface area contributed by atoms with Crippen molar-refractivity contribution in [2.45, 2.75) is 45.1 Å². The fraction of sp³-hybridized carbons (Fsp3) is 0.414. The van der Waals surface area contributed by atoms with Gasteiger partial charge in [-0.3, -0.25) is 25.0 Å². The molecule has 0 saturated carbocycles. The number of amides is 1. The van der Waals surface area contributed by atoms with Crippen LogP contribution in [0.25, 0.3) is 16.6 Å².